The maximum absolute atomic E-state index is 12.5. The maximum atomic E-state index is 12.5. The predicted octanol–water partition coefficient (Wildman–Crippen LogP) is 1.76. The molecule has 2 heterocycles. The molecule has 2 aromatic heterocycles. The van der Waals surface area contributed by atoms with Gasteiger partial charge in [0.15, 0.2) is 17.8 Å². The molecule has 0 radical (unpaired) electrons. The topological polar surface area (TPSA) is 120 Å². The zero-order valence-electron chi connectivity index (χ0n) is 17.9. The minimum atomic E-state index is -3.59. The van der Waals surface area contributed by atoms with Crippen LogP contribution in [0.1, 0.15) is 25.2 Å². The third-order valence-electron chi connectivity index (χ3n) is 4.42. The summed E-state index contributed by atoms with van der Waals surface area (Å²) in [6, 6.07) is 10.4. The molecule has 0 fully saturated rings. The summed E-state index contributed by atoms with van der Waals surface area (Å²) in [7, 11) is -3.59. The molecule has 0 atom stereocenters. The number of hydrogen-bond acceptors (Lipinski definition) is 8. The van der Waals surface area contributed by atoms with Crippen LogP contribution in [-0.4, -0.2) is 60.8 Å². The number of sulfonamides is 1. The second kappa shape index (κ2) is 10.6. The lowest BCUT2D eigenvalue weighted by atomic mass is 10.2. The molecule has 1 aromatic carbocycles. The van der Waals surface area contributed by atoms with E-state index >= 15 is 0 Å². The summed E-state index contributed by atoms with van der Waals surface area (Å²) in [6.45, 7) is 7.38. The van der Waals surface area contributed by atoms with Crippen LogP contribution in [0.15, 0.2) is 41.3 Å². The Kier molecular flexibility index (Phi) is 7.91. The summed E-state index contributed by atoms with van der Waals surface area (Å²) in [4.78, 5) is 0.237. The highest BCUT2D eigenvalue weighted by molar-refractivity contribution is 7.89. The van der Waals surface area contributed by atoms with Crippen LogP contribution in [-0.2, 0) is 25.9 Å². The van der Waals surface area contributed by atoms with Crippen molar-refractivity contribution in [2.24, 2.45) is 0 Å². The van der Waals surface area contributed by atoms with Crippen LogP contribution >= 0.6 is 0 Å². The van der Waals surface area contributed by atoms with Crippen LogP contribution in [0.5, 0.6) is 0 Å². The van der Waals surface area contributed by atoms with E-state index in [0.717, 1.165) is 5.56 Å². The predicted molar refractivity (Wildman–Crippen MR) is 116 cm³/mol. The van der Waals surface area contributed by atoms with Crippen molar-refractivity contribution in [1.29, 1.82) is 0 Å². The van der Waals surface area contributed by atoms with Crippen molar-refractivity contribution in [3.63, 3.8) is 0 Å². The molecule has 0 saturated carbocycles. The highest BCUT2D eigenvalue weighted by atomic mass is 32.2. The van der Waals surface area contributed by atoms with Crippen molar-refractivity contribution < 1.29 is 17.9 Å². The average Bonchev–Trinajstić information content (AvgIpc) is 3.14. The first-order valence-corrected chi connectivity index (χ1v) is 11.7. The van der Waals surface area contributed by atoms with Crippen LogP contribution in [0, 0.1) is 6.92 Å². The molecule has 0 aliphatic carbocycles. The third-order valence-corrected chi connectivity index (χ3v) is 5.88. The fourth-order valence-electron chi connectivity index (χ4n) is 2.97. The number of aryl methyl sites for hydroxylation is 1. The highest BCUT2D eigenvalue weighted by Crippen LogP contribution is 2.11. The van der Waals surface area contributed by atoms with Gasteiger partial charge in [-0.3, -0.25) is 0 Å². The van der Waals surface area contributed by atoms with Gasteiger partial charge >= 0.3 is 0 Å². The van der Waals surface area contributed by atoms with Gasteiger partial charge in [-0.2, -0.15) is 4.52 Å². The number of ether oxygens (including phenoxy) is 2. The number of aromatic nitrogens is 4. The van der Waals surface area contributed by atoms with Gasteiger partial charge in [0, 0.05) is 26.2 Å². The molecule has 0 amide bonds. The molecule has 11 heteroatoms. The second-order valence-corrected chi connectivity index (χ2v) is 8.56. The second-order valence-electron chi connectivity index (χ2n) is 6.79. The van der Waals surface area contributed by atoms with Crippen molar-refractivity contribution in [3.05, 3.63) is 47.8 Å². The third kappa shape index (κ3) is 6.20. The molecule has 0 bridgehead atoms. The number of anilines is 1. The summed E-state index contributed by atoms with van der Waals surface area (Å²) in [6.07, 6.45) is -0.0349. The van der Waals surface area contributed by atoms with E-state index in [1.165, 1.54) is 0 Å². The Morgan fingerprint density at radius 1 is 1.10 bits per heavy atom. The van der Waals surface area contributed by atoms with Gasteiger partial charge in [-0.25, -0.2) is 13.1 Å². The van der Waals surface area contributed by atoms with Gasteiger partial charge in [0.25, 0.3) is 0 Å². The summed E-state index contributed by atoms with van der Waals surface area (Å²) < 4.78 is 40.2. The van der Waals surface area contributed by atoms with Gasteiger partial charge in [0.05, 0.1) is 11.4 Å². The van der Waals surface area contributed by atoms with Gasteiger partial charge in [0.2, 0.25) is 10.0 Å². The van der Waals surface area contributed by atoms with Gasteiger partial charge in [-0.05, 0) is 50.6 Å². The summed E-state index contributed by atoms with van der Waals surface area (Å²) in [5, 5.41) is 15.9. The first-order chi connectivity index (χ1) is 14.9. The van der Waals surface area contributed by atoms with Crippen molar-refractivity contribution in [1.82, 2.24) is 24.5 Å². The van der Waals surface area contributed by atoms with Crippen molar-refractivity contribution in [2.75, 3.05) is 31.6 Å². The Bertz CT molecular complexity index is 1100. The summed E-state index contributed by atoms with van der Waals surface area (Å²) in [5.74, 6) is 1.16. The lowest BCUT2D eigenvalue weighted by molar-refractivity contribution is -0.126. The van der Waals surface area contributed by atoms with Gasteiger partial charge in [0.1, 0.15) is 5.82 Å². The van der Waals surface area contributed by atoms with E-state index in [-0.39, 0.29) is 17.7 Å². The Labute approximate surface area is 182 Å². The minimum absolute atomic E-state index is 0.174. The quantitative estimate of drug-likeness (QED) is 0.402. The molecule has 3 rings (SSSR count). The molecular weight excluding hydrogens is 420 g/mol. The SMILES string of the molecule is CCOC(CNc1ccc2nnc(CCNS(=O)(=O)c3cccc(C)c3)n2n1)OCC. The lowest BCUT2D eigenvalue weighted by Crippen LogP contribution is -2.27. The fourth-order valence-corrected chi connectivity index (χ4v) is 4.11. The van der Waals surface area contributed by atoms with Crippen LogP contribution in [0.2, 0.25) is 0 Å². The molecule has 10 nitrogen and oxygen atoms in total. The summed E-state index contributed by atoms with van der Waals surface area (Å²) in [5.41, 5.74) is 1.46. The number of benzene rings is 1. The molecule has 0 saturated heterocycles. The Morgan fingerprint density at radius 2 is 1.87 bits per heavy atom. The largest absolute Gasteiger partial charge is 0.364 e. The zero-order valence-corrected chi connectivity index (χ0v) is 18.7. The molecule has 168 valence electrons. The number of nitrogens with zero attached hydrogens (tertiary/aromatic N) is 4. The van der Waals surface area contributed by atoms with E-state index in [9.17, 15) is 8.42 Å². The monoisotopic (exact) mass is 448 g/mol. The Morgan fingerprint density at radius 3 is 2.58 bits per heavy atom. The van der Waals surface area contributed by atoms with Gasteiger partial charge < -0.3 is 14.8 Å². The van der Waals surface area contributed by atoms with E-state index in [4.69, 9.17) is 9.47 Å². The fraction of sp³-hybridized carbons (Fsp3) is 0.450. The van der Waals surface area contributed by atoms with Crippen LogP contribution in [0.4, 0.5) is 5.82 Å². The molecule has 0 unspecified atom stereocenters. The number of fused-ring (bicyclic) bond motifs is 1. The first-order valence-electron chi connectivity index (χ1n) is 10.2. The van der Waals surface area contributed by atoms with E-state index in [1.807, 2.05) is 26.8 Å². The van der Waals surface area contributed by atoms with E-state index in [2.05, 4.69) is 25.3 Å². The van der Waals surface area contributed by atoms with E-state index < -0.39 is 10.0 Å². The zero-order chi connectivity index (χ0) is 22.3. The highest BCUT2D eigenvalue weighted by Gasteiger charge is 2.15. The standard InChI is InChI=1S/C20H28N6O4S/c1-4-29-20(30-5-2)14-21-17-9-10-18-23-24-19(26(18)25-17)11-12-22-31(27,28)16-8-6-7-15(3)13-16/h6-10,13,20,22H,4-5,11-12,14H2,1-3H3,(H,21,25). The molecule has 2 N–H and O–H groups in total. The normalized spacial score (nSPS) is 12.0. The van der Waals surface area contributed by atoms with Crippen molar-refractivity contribution in [3.8, 4) is 0 Å². The van der Waals surface area contributed by atoms with Gasteiger partial charge in [-0.15, -0.1) is 15.3 Å². The number of rotatable bonds is 12. The Balaban J connectivity index is 1.64. The molecule has 0 aliphatic heterocycles. The lowest BCUT2D eigenvalue weighted by Gasteiger charge is -2.17. The average molecular weight is 449 g/mol. The van der Waals surface area contributed by atoms with E-state index in [0.29, 0.717) is 43.5 Å². The number of hydrogen-bond donors (Lipinski definition) is 2. The first kappa shape index (κ1) is 23.1. The molecule has 31 heavy (non-hydrogen) atoms. The van der Waals surface area contributed by atoms with Gasteiger partial charge in [-0.1, -0.05) is 12.1 Å². The molecule has 0 spiro atoms. The van der Waals surface area contributed by atoms with E-state index in [1.54, 1.807) is 34.8 Å². The molecule has 0 aliphatic rings. The maximum Gasteiger partial charge on any atom is 0.240 e. The van der Waals surface area contributed by atoms with Crippen molar-refractivity contribution in [2.45, 2.75) is 38.4 Å². The van der Waals surface area contributed by atoms with Crippen molar-refractivity contribution >= 4 is 21.5 Å². The smallest absolute Gasteiger partial charge is 0.240 e. The number of nitrogens with one attached hydrogen (secondary N) is 2. The minimum Gasteiger partial charge on any atom is -0.364 e. The summed E-state index contributed by atoms with van der Waals surface area (Å²) >= 11 is 0. The molecule has 3 aromatic rings. The van der Waals surface area contributed by atoms with Crippen LogP contribution in [0.25, 0.3) is 5.65 Å². The van der Waals surface area contributed by atoms with Crippen LogP contribution < -0.4 is 10.0 Å². The van der Waals surface area contributed by atoms with Crippen LogP contribution in [0.3, 0.4) is 0 Å². The molecular formula is C20H28N6O4S. The Hall–Kier alpha value is -2.60.